The minimum absolute atomic E-state index is 0.0740. The number of nitrogens with two attached hydrogens (primary N) is 2. The van der Waals surface area contributed by atoms with Gasteiger partial charge >= 0.3 is 8.80 Å². The van der Waals surface area contributed by atoms with Crippen LogP contribution in [0.5, 0.6) is 0 Å². The molecule has 0 bridgehead atoms. The molecule has 4 N–H and O–H groups in total. The van der Waals surface area contributed by atoms with E-state index in [2.05, 4.69) is 0 Å². The van der Waals surface area contributed by atoms with Crippen LogP contribution in [0.15, 0.2) is 0 Å². The van der Waals surface area contributed by atoms with E-state index >= 15 is 0 Å². The lowest BCUT2D eigenvalue weighted by Crippen LogP contribution is -2.51. The highest BCUT2D eigenvalue weighted by molar-refractivity contribution is 6.60. The molecule has 0 fully saturated rings. The van der Waals surface area contributed by atoms with Gasteiger partial charge in [0.05, 0.1) is 0 Å². The zero-order valence-electron chi connectivity index (χ0n) is 14.0. The highest BCUT2D eigenvalue weighted by Crippen LogP contribution is 2.24. The summed E-state index contributed by atoms with van der Waals surface area (Å²) < 4.78 is 18.3. The van der Waals surface area contributed by atoms with Crippen LogP contribution in [0.1, 0.15) is 54.4 Å². The second kappa shape index (κ2) is 9.86. The van der Waals surface area contributed by atoms with Crippen LogP contribution < -0.4 is 11.5 Å². The first-order valence-electron chi connectivity index (χ1n) is 7.70. The summed E-state index contributed by atoms with van der Waals surface area (Å²) in [6.45, 7) is 12.7. The van der Waals surface area contributed by atoms with Gasteiger partial charge in [0.2, 0.25) is 0 Å². The monoisotopic (exact) mass is 306 g/mol. The predicted octanol–water partition coefficient (Wildman–Crippen LogP) is 2.27. The fourth-order valence-electron chi connectivity index (χ4n) is 2.06. The molecule has 20 heavy (non-hydrogen) atoms. The van der Waals surface area contributed by atoms with Crippen LogP contribution in [0, 0.1) is 0 Å². The molecule has 0 saturated carbocycles. The van der Waals surface area contributed by atoms with E-state index in [1.807, 2.05) is 41.5 Å². The Morgan fingerprint density at radius 3 is 1.50 bits per heavy atom. The quantitative estimate of drug-likeness (QED) is 0.572. The third-order valence-corrected chi connectivity index (χ3v) is 6.00. The number of hydrogen-bond donors (Lipinski definition) is 2. The van der Waals surface area contributed by atoms with Crippen LogP contribution in [0.25, 0.3) is 0 Å². The molecule has 6 heteroatoms. The minimum atomic E-state index is -2.70. The van der Waals surface area contributed by atoms with Crippen LogP contribution in [-0.2, 0) is 13.3 Å². The molecule has 1 atom stereocenters. The van der Waals surface area contributed by atoms with Crippen LogP contribution in [0.3, 0.4) is 0 Å². The van der Waals surface area contributed by atoms with Gasteiger partial charge in [-0.15, -0.1) is 0 Å². The Morgan fingerprint density at radius 1 is 0.800 bits per heavy atom. The highest BCUT2D eigenvalue weighted by Gasteiger charge is 2.44. The van der Waals surface area contributed by atoms with Gasteiger partial charge in [-0.1, -0.05) is 0 Å². The largest absolute Gasteiger partial charge is 0.501 e. The molecule has 0 aromatic rings. The molecule has 0 aromatic heterocycles. The van der Waals surface area contributed by atoms with Gasteiger partial charge in [0.1, 0.15) is 0 Å². The summed E-state index contributed by atoms with van der Waals surface area (Å²) in [4.78, 5) is 0. The zero-order chi connectivity index (χ0) is 15.8. The lowest BCUT2D eigenvalue weighted by Gasteiger charge is -2.35. The molecule has 0 aliphatic carbocycles. The van der Waals surface area contributed by atoms with Gasteiger partial charge in [-0.2, -0.15) is 0 Å². The fraction of sp³-hybridized carbons (Fsp3) is 1.00. The molecule has 0 rings (SSSR count). The molecule has 0 spiro atoms. The molecule has 0 heterocycles. The first kappa shape index (κ1) is 20.0. The SMILES string of the molecule is CC(C)O[Si](CCC(N)CCN)(OC(C)C)OC(C)C. The van der Waals surface area contributed by atoms with E-state index in [1.165, 1.54) is 0 Å². The predicted molar refractivity (Wildman–Crippen MR) is 85.5 cm³/mol. The third-order valence-electron chi connectivity index (χ3n) is 2.60. The van der Waals surface area contributed by atoms with E-state index in [9.17, 15) is 0 Å². The molecule has 5 nitrogen and oxygen atoms in total. The second-order valence-corrected chi connectivity index (χ2v) is 8.63. The molecular weight excluding hydrogens is 272 g/mol. The number of rotatable bonds is 11. The van der Waals surface area contributed by atoms with E-state index in [1.54, 1.807) is 0 Å². The smallest absolute Gasteiger partial charge is 0.371 e. The van der Waals surface area contributed by atoms with Crippen molar-refractivity contribution in [3.05, 3.63) is 0 Å². The maximum absolute atomic E-state index is 6.10. The van der Waals surface area contributed by atoms with Crippen molar-refractivity contribution in [1.29, 1.82) is 0 Å². The Morgan fingerprint density at radius 2 is 1.20 bits per heavy atom. The van der Waals surface area contributed by atoms with Gasteiger partial charge in [-0.05, 0) is 60.9 Å². The lowest BCUT2D eigenvalue weighted by molar-refractivity contribution is 0.00254. The van der Waals surface area contributed by atoms with Gasteiger partial charge in [0, 0.05) is 30.4 Å². The Balaban J connectivity index is 4.85. The van der Waals surface area contributed by atoms with Gasteiger partial charge in [0.25, 0.3) is 0 Å². The van der Waals surface area contributed by atoms with Gasteiger partial charge in [0.15, 0.2) is 0 Å². The average molecular weight is 307 g/mol. The molecule has 0 aromatic carbocycles. The normalized spacial score (nSPS) is 14.6. The maximum atomic E-state index is 6.10. The third kappa shape index (κ3) is 9.04. The molecule has 0 saturated heterocycles. The summed E-state index contributed by atoms with van der Waals surface area (Å²) >= 11 is 0. The van der Waals surface area contributed by atoms with Crippen molar-refractivity contribution < 1.29 is 13.3 Å². The summed E-state index contributed by atoms with van der Waals surface area (Å²) in [5.41, 5.74) is 11.6. The number of hydrogen-bond acceptors (Lipinski definition) is 5. The summed E-state index contributed by atoms with van der Waals surface area (Å²) in [7, 11) is -2.70. The summed E-state index contributed by atoms with van der Waals surface area (Å²) in [6, 6.07) is 0.817. The van der Waals surface area contributed by atoms with E-state index in [0.29, 0.717) is 6.54 Å². The van der Waals surface area contributed by atoms with Crippen molar-refractivity contribution in [3.8, 4) is 0 Å². The Kier molecular flexibility index (Phi) is 9.87. The zero-order valence-corrected chi connectivity index (χ0v) is 15.0. The maximum Gasteiger partial charge on any atom is 0.501 e. The van der Waals surface area contributed by atoms with Crippen LogP contribution in [0.4, 0.5) is 0 Å². The van der Waals surface area contributed by atoms with Gasteiger partial charge < -0.3 is 24.7 Å². The van der Waals surface area contributed by atoms with Crippen molar-refractivity contribution in [3.63, 3.8) is 0 Å². The topological polar surface area (TPSA) is 79.7 Å². The Hall–Kier alpha value is 0.0169. The first-order valence-corrected chi connectivity index (χ1v) is 9.63. The fourth-order valence-corrected chi connectivity index (χ4v) is 5.46. The molecule has 1 unspecified atom stereocenters. The Labute approximate surface area is 125 Å². The second-order valence-electron chi connectivity index (χ2n) is 6.06. The highest BCUT2D eigenvalue weighted by atomic mass is 28.4. The van der Waals surface area contributed by atoms with E-state index < -0.39 is 8.80 Å². The summed E-state index contributed by atoms with van der Waals surface area (Å²) in [5.74, 6) is 0. The van der Waals surface area contributed by atoms with Crippen molar-refractivity contribution in [2.45, 2.75) is 84.8 Å². The molecule has 0 aliphatic rings. The van der Waals surface area contributed by atoms with Crippen LogP contribution in [0.2, 0.25) is 6.04 Å². The Bertz CT molecular complexity index is 224. The molecule has 0 amide bonds. The van der Waals surface area contributed by atoms with E-state index in [4.69, 9.17) is 24.7 Å². The van der Waals surface area contributed by atoms with Gasteiger partial charge in [-0.3, -0.25) is 0 Å². The molecular formula is C14H34N2O3Si. The first-order chi connectivity index (χ1) is 9.20. The standard InChI is InChI=1S/C14H34N2O3Si/c1-11(2)17-20(18-12(3)4,19-13(5)6)10-8-14(16)7-9-15/h11-14H,7-10,15-16H2,1-6H3. The van der Waals surface area contributed by atoms with E-state index in [0.717, 1.165) is 18.9 Å². The average Bonchev–Trinajstić information content (AvgIpc) is 2.23. The van der Waals surface area contributed by atoms with Crippen LogP contribution in [-0.4, -0.2) is 39.7 Å². The lowest BCUT2D eigenvalue weighted by atomic mass is 10.2. The van der Waals surface area contributed by atoms with Crippen LogP contribution >= 0.6 is 0 Å². The summed E-state index contributed by atoms with van der Waals surface area (Å²) in [5, 5.41) is 0. The molecule has 0 radical (unpaired) electrons. The van der Waals surface area contributed by atoms with Gasteiger partial charge in [-0.25, -0.2) is 0 Å². The van der Waals surface area contributed by atoms with Crippen molar-refractivity contribution in [2.24, 2.45) is 11.5 Å². The summed E-state index contributed by atoms with van der Waals surface area (Å²) in [6.07, 6.45) is 1.85. The van der Waals surface area contributed by atoms with E-state index in [-0.39, 0.29) is 24.4 Å². The van der Waals surface area contributed by atoms with Crippen molar-refractivity contribution in [2.75, 3.05) is 6.54 Å². The van der Waals surface area contributed by atoms with Crippen molar-refractivity contribution in [1.82, 2.24) is 0 Å². The molecule has 0 aliphatic heterocycles. The van der Waals surface area contributed by atoms with Crippen molar-refractivity contribution >= 4 is 8.80 Å². The minimum Gasteiger partial charge on any atom is -0.371 e. The molecule has 122 valence electrons.